The summed E-state index contributed by atoms with van der Waals surface area (Å²) in [5, 5.41) is 9.91. The highest BCUT2D eigenvalue weighted by atomic mass is 16.2. The Morgan fingerprint density at radius 1 is 1.15 bits per heavy atom. The maximum Gasteiger partial charge on any atom is 0.276 e. The molecule has 108 valence electrons. The van der Waals surface area contributed by atoms with Gasteiger partial charge in [-0.05, 0) is 32.1 Å². The van der Waals surface area contributed by atoms with E-state index in [2.05, 4.69) is 15.4 Å². The first-order valence-corrected chi connectivity index (χ1v) is 7.23. The van der Waals surface area contributed by atoms with Gasteiger partial charge in [-0.25, -0.2) is 0 Å². The molecule has 0 aliphatic carbocycles. The molecule has 2 amide bonds. The summed E-state index contributed by atoms with van der Waals surface area (Å²) >= 11 is 0. The third-order valence-electron chi connectivity index (χ3n) is 4.10. The molecule has 2 fully saturated rings. The van der Waals surface area contributed by atoms with Crippen LogP contribution in [0.4, 0.5) is 0 Å². The van der Waals surface area contributed by atoms with Crippen molar-refractivity contribution in [2.24, 2.45) is 0 Å². The van der Waals surface area contributed by atoms with Crippen molar-refractivity contribution in [3.63, 3.8) is 0 Å². The van der Waals surface area contributed by atoms with Crippen molar-refractivity contribution in [3.05, 3.63) is 11.9 Å². The van der Waals surface area contributed by atoms with Gasteiger partial charge in [0.2, 0.25) is 5.91 Å². The Hall–Kier alpha value is -1.92. The average molecular weight is 277 g/mol. The van der Waals surface area contributed by atoms with Crippen LogP contribution in [-0.2, 0) is 4.79 Å². The molecule has 0 saturated carbocycles. The van der Waals surface area contributed by atoms with Crippen LogP contribution in [0.15, 0.2) is 6.20 Å². The molecule has 7 heteroatoms. The van der Waals surface area contributed by atoms with Crippen LogP contribution in [0, 0.1) is 0 Å². The van der Waals surface area contributed by atoms with Gasteiger partial charge in [-0.2, -0.15) is 15.4 Å². The van der Waals surface area contributed by atoms with Gasteiger partial charge in [-0.3, -0.25) is 9.59 Å². The quantitative estimate of drug-likeness (QED) is 0.849. The van der Waals surface area contributed by atoms with Crippen molar-refractivity contribution in [3.8, 4) is 0 Å². The average Bonchev–Trinajstić information content (AvgIpc) is 3.18. The molecule has 0 unspecified atom stereocenters. The number of carbonyl (C=O) groups is 2. The summed E-state index contributed by atoms with van der Waals surface area (Å²) < 4.78 is 0. The lowest BCUT2D eigenvalue weighted by Crippen LogP contribution is -2.49. The number of piperidine rings is 1. The third-order valence-corrected chi connectivity index (χ3v) is 4.10. The molecule has 0 spiro atoms. The van der Waals surface area contributed by atoms with E-state index in [0.717, 1.165) is 38.8 Å². The van der Waals surface area contributed by atoms with Crippen LogP contribution in [-0.4, -0.2) is 62.7 Å². The number of carbonyl (C=O) groups excluding carboxylic acids is 2. The molecule has 1 aromatic rings. The van der Waals surface area contributed by atoms with Gasteiger partial charge in [0.1, 0.15) is 6.04 Å². The second-order valence-corrected chi connectivity index (χ2v) is 5.40. The molecule has 2 saturated heterocycles. The number of nitrogens with one attached hydrogen (secondary N) is 1. The third kappa shape index (κ3) is 2.39. The fraction of sp³-hybridized carbons (Fsp3) is 0.692. The minimum absolute atomic E-state index is 0.0963. The lowest BCUT2D eigenvalue weighted by atomic mass is 10.1. The monoisotopic (exact) mass is 277 g/mol. The Balaban J connectivity index is 1.71. The van der Waals surface area contributed by atoms with Crippen LogP contribution in [0.3, 0.4) is 0 Å². The highest BCUT2D eigenvalue weighted by molar-refractivity contribution is 5.96. The van der Waals surface area contributed by atoms with E-state index >= 15 is 0 Å². The number of nitrogens with zero attached hydrogens (tertiary/aromatic N) is 4. The molecule has 2 aliphatic rings. The van der Waals surface area contributed by atoms with Gasteiger partial charge in [0, 0.05) is 19.6 Å². The zero-order valence-electron chi connectivity index (χ0n) is 11.4. The van der Waals surface area contributed by atoms with E-state index in [9.17, 15) is 9.59 Å². The Kier molecular flexibility index (Phi) is 3.66. The summed E-state index contributed by atoms with van der Waals surface area (Å²) in [6, 6.07) is -0.322. The summed E-state index contributed by atoms with van der Waals surface area (Å²) in [7, 11) is 0. The Bertz CT molecular complexity index is 481. The van der Waals surface area contributed by atoms with Crippen molar-refractivity contribution >= 4 is 11.8 Å². The maximum absolute atomic E-state index is 12.6. The molecule has 1 N–H and O–H groups in total. The van der Waals surface area contributed by atoms with E-state index in [-0.39, 0.29) is 23.6 Å². The number of likely N-dealkylation sites (tertiary alicyclic amines) is 2. The second kappa shape index (κ2) is 5.60. The van der Waals surface area contributed by atoms with Crippen molar-refractivity contribution in [1.29, 1.82) is 0 Å². The maximum atomic E-state index is 12.6. The number of amides is 2. The van der Waals surface area contributed by atoms with Gasteiger partial charge in [-0.15, -0.1) is 0 Å². The van der Waals surface area contributed by atoms with Gasteiger partial charge in [0.05, 0.1) is 6.20 Å². The van der Waals surface area contributed by atoms with Crippen LogP contribution >= 0.6 is 0 Å². The number of rotatable bonds is 2. The topological polar surface area (TPSA) is 82.2 Å². The van der Waals surface area contributed by atoms with E-state index < -0.39 is 0 Å². The molecule has 20 heavy (non-hydrogen) atoms. The molecule has 1 atom stereocenters. The van der Waals surface area contributed by atoms with Crippen molar-refractivity contribution in [1.82, 2.24) is 25.2 Å². The molecule has 1 aromatic heterocycles. The van der Waals surface area contributed by atoms with Gasteiger partial charge in [0.25, 0.3) is 5.91 Å². The minimum Gasteiger partial charge on any atom is -0.341 e. The number of aromatic nitrogens is 3. The van der Waals surface area contributed by atoms with Crippen LogP contribution in [0.2, 0.25) is 0 Å². The van der Waals surface area contributed by atoms with Crippen LogP contribution in [0.25, 0.3) is 0 Å². The van der Waals surface area contributed by atoms with E-state index in [1.54, 1.807) is 4.90 Å². The molecular formula is C13H19N5O2. The first-order chi connectivity index (χ1) is 9.77. The molecule has 0 aromatic carbocycles. The van der Waals surface area contributed by atoms with Crippen molar-refractivity contribution in [2.45, 2.75) is 38.1 Å². The molecule has 0 bridgehead atoms. The lowest BCUT2D eigenvalue weighted by molar-refractivity contribution is -0.136. The zero-order valence-corrected chi connectivity index (χ0v) is 11.4. The van der Waals surface area contributed by atoms with Gasteiger partial charge < -0.3 is 9.80 Å². The van der Waals surface area contributed by atoms with Gasteiger partial charge >= 0.3 is 0 Å². The second-order valence-electron chi connectivity index (χ2n) is 5.40. The zero-order chi connectivity index (χ0) is 13.9. The van der Waals surface area contributed by atoms with Crippen LogP contribution in [0.1, 0.15) is 42.6 Å². The minimum atomic E-state index is -0.322. The predicted molar refractivity (Wildman–Crippen MR) is 70.9 cm³/mol. The lowest BCUT2D eigenvalue weighted by Gasteiger charge is -2.32. The molecule has 7 nitrogen and oxygen atoms in total. The first kappa shape index (κ1) is 13.1. The molecule has 3 rings (SSSR count). The standard InChI is InChI=1S/C13H19N5O2/c19-12(10-9-14-16-15-10)18-8-4-5-11(18)13(20)17-6-2-1-3-7-17/h9,11H,1-8H2,(H,14,15,16)/t11-/m0/s1. The van der Waals surface area contributed by atoms with E-state index in [1.807, 2.05) is 4.90 Å². The summed E-state index contributed by atoms with van der Waals surface area (Å²) in [6.07, 6.45) is 6.34. The van der Waals surface area contributed by atoms with E-state index in [4.69, 9.17) is 0 Å². The Morgan fingerprint density at radius 3 is 2.65 bits per heavy atom. The Morgan fingerprint density at radius 2 is 1.95 bits per heavy atom. The summed E-state index contributed by atoms with van der Waals surface area (Å²) in [6.45, 7) is 2.26. The van der Waals surface area contributed by atoms with Crippen molar-refractivity contribution in [2.75, 3.05) is 19.6 Å². The van der Waals surface area contributed by atoms with E-state index in [1.165, 1.54) is 12.6 Å². The molecule has 3 heterocycles. The number of hydrogen-bond donors (Lipinski definition) is 1. The van der Waals surface area contributed by atoms with E-state index in [0.29, 0.717) is 6.54 Å². The Labute approximate surface area is 117 Å². The molecular weight excluding hydrogens is 258 g/mol. The highest BCUT2D eigenvalue weighted by Crippen LogP contribution is 2.22. The van der Waals surface area contributed by atoms with Gasteiger partial charge in [0.15, 0.2) is 5.69 Å². The molecule has 2 aliphatic heterocycles. The van der Waals surface area contributed by atoms with Crippen LogP contribution < -0.4 is 0 Å². The smallest absolute Gasteiger partial charge is 0.276 e. The number of hydrogen-bond acceptors (Lipinski definition) is 4. The summed E-state index contributed by atoms with van der Waals surface area (Å²) in [5.41, 5.74) is 0.281. The van der Waals surface area contributed by atoms with Crippen molar-refractivity contribution < 1.29 is 9.59 Å². The largest absolute Gasteiger partial charge is 0.341 e. The molecule has 0 radical (unpaired) electrons. The SMILES string of the molecule is O=C([C@@H]1CCCN1C(=O)c1cn[nH]n1)N1CCCCC1. The number of aromatic amines is 1. The normalized spacial score (nSPS) is 23.1. The van der Waals surface area contributed by atoms with Crippen LogP contribution in [0.5, 0.6) is 0 Å². The summed E-state index contributed by atoms with van der Waals surface area (Å²) in [4.78, 5) is 28.5. The predicted octanol–water partition coefficient (Wildman–Crippen LogP) is 0.422. The number of H-pyrrole nitrogens is 1. The fourth-order valence-corrected chi connectivity index (χ4v) is 3.04. The highest BCUT2D eigenvalue weighted by Gasteiger charge is 2.37. The van der Waals surface area contributed by atoms with Gasteiger partial charge in [-0.1, -0.05) is 0 Å². The first-order valence-electron chi connectivity index (χ1n) is 7.23. The summed E-state index contributed by atoms with van der Waals surface area (Å²) in [5.74, 6) is -0.106. The fourth-order valence-electron chi connectivity index (χ4n) is 3.04.